The number of nitrogens with zero attached hydrogens (tertiary/aromatic N) is 1. The molecule has 1 unspecified atom stereocenters. The van der Waals surface area contributed by atoms with Gasteiger partial charge in [-0.25, -0.2) is 0 Å². The minimum atomic E-state index is -1.06. The Hall–Kier alpha value is -1.59. The van der Waals surface area contributed by atoms with Gasteiger partial charge in [0, 0.05) is 30.0 Å². The third-order valence-electron chi connectivity index (χ3n) is 3.07. The normalized spacial score (nSPS) is 17.5. The van der Waals surface area contributed by atoms with Crippen molar-refractivity contribution in [3.05, 3.63) is 23.8 Å². The molecule has 18 heavy (non-hydrogen) atoms. The van der Waals surface area contributed by atoms with Crippen molar-refractivity contribution in [3.8, 4) is 0 Å². The van der Waals surface area contributed by atoms with Crippen LogP contribution in [0.25, 0.3) is 0 Å². The van der Waals surface area contributed by atoms with Crippen LogP contribution < -0.4 is 10.2 Å². The Morgan fingerprint density at radius 2 is 2.17 bits per heavy atom. The highest BCUT2D eigenvalue weighted by Gasteiger charge is 2.28. The Balaban J connectivity index is 2.26. The fourth-order valence-electron chi connectivity index (χ4n) is 2.19. The molecule has 0 saturated carbocycles. The Morgan fingerprint density at radius 3 is 2.83 bits per heavy atom. The largest absolute Gasteiger partial charge is 0.395 e. The second-order valence-corrected chi connectivity index (χ2v) is 4.37. The van der Waals surface area contributed by atoms with Crippen LogP contribution in [-0.2, 0) is 4.79 Å². The summed E-state index contributed by atoms with van der Waals surface area (Å²) in [5.74, 6) is -0.383. The van der Waals surface area contributed by atoms with E-state index in [1.165, 1.54) is 0 Å². The van der Waals surface area contributed by atoms with Crippen molar-refractivity contribution < 1.29 is 15.0 Å². The van der Waals surface area contributed by atoms with Gasteiger partial charge in [0.05, 0.1) is 6.61 Å². The number of hydrogen-bond acceptors (Lipinski definition) is 4. The van der Waals surface area contributed by atoms with Gasteiger partial charge in [-0.15, -0.1) is 0 Å². The summed E-state index contributed by atoms with van der Waals surface area (Å²) in [5, 5.41) is 21.3. The third-order valence-corrected chi connectivity index (χ3v) is 3.07. The monoisotopic (exact) mass is 250 g/mol. The summed E-state index contributed by atoms with van der Waals surface area (Å²) in [4.78, 5) is 13.4. The van der Waals surface area contributed by atoms with E-state index in [0.717, 1.165) is 18.7 Å². The van der Waals surface area contributed by atoms with Gasteiger partial charge in [-0.2, -0.15) is 0 Å². The summed E-state index contributed by atoms with van der Waals surface area (Å²) < 4.78 is 0. The number of benzene rings is 1. The molecule has 1 aromatic carbocycles. The van der Waals surface area contributed by atoms with Gasteiger partial charge in [-0.3, -0.25) is 4.79 Å². The zero-order valence-electron chi connectivity index (χ0n) is 10.4. The maximum Gasteiger partial charge on any atom is 0.257 e. The van der Waals surface area contributed by atoms with Gasteiger partial charge in [-0.05, 0) is 18.6 Å². The van der Waals surface area contributed by atoms with Crippen molar-refractivity contribution >= 4 is 17.3 Å². The Bertz CT molecular complexity index is 442. The molecule has 0 spiro atoms. The minimum absolute atomic E-state index is 0.0894. The number of carbonyl (C=O) groups is 1. The van der Waals surface area contributed by atoms with Gasteiger partial charge in [0.25, 0.3) is 5.91 Å². The average molecular weight is 250 g/mol. The fourth-order valence-corrected chi connectivity index (χ4v) is 2.19. The molecule has 1 atom stereocenters. The van der Waals surface area contributed by atoms with E-state index in [0.29, 0.717) is 17.8 Å². The summed E-state index contributed by atoms with van der Waals surface area (Å²) in [6.07, 6.45) is -0.0852. The van der Waals surface area contributed by atoms with E-state index in [1.54, 1.807) is 6.07 Å². The number of rotatable bonds is 5. The lowest BCUT2D eigenvalue weighted by molar-refractivity contribution is -0.123. The molecule has 1 aliphatic rings. The van der Waals surface area contributed by atoms with Crippen LogP contribution >= 0.6 is 0 Å². The quantitative estimate of drug-likeness (QED) is 0.725. The smallest absolute Gasteiger partial charge is 0.257 e. The number of aliphatic hydroxyl groups is 2. The first-order valence-corrected chi connectivity index (χ1v) is 6.16. The maximum absolute atomic E-state index is 11.3. The molecule has 0 aromatic heterocycles. The van der Waals surface area contributed by atoms with Crippen LogP contribution in [0.4, 0.5) is 11.4 Å². The number of hydrogen-bond donors (Lipinski definition) is 3. The Labute approximate surface area is 106 Å². The van der Waals surface area contributed by atoms with Crippen LogP contribution in [0.2, 0.25) is 0 Å². The van der Waals surface area contributed by atoms with E-state index in [2.05, 4.69) is 17.1 Å². The van der Waals surface area contributed by atoms with Crippen LogP contribution in [0.3, 0.4) is 0 Å². The van der Waals surface area contributed by atoms with Crippen LogP contribution in [0.15, 0.2) is 18.2 Å². The van der Waals surface area contributed by atoms with Crippen molar-refractivity contribution in [3.63, 3.8) is 0 Å². The van der Waals surface area contributed by atoms with Crippen molar-refractivity contribution in [1.29, 1.82) is 0 Å². The molecule has 0 fully saturated rings. The SMILES string of the molecule is CCCN(CCO)c1ccc2c(c1)NC(=O)C2O. The molecule has 3 N–H and O–H groups in total. The number of nitrogens with one attached hydrogen (secondary N) is 1. The van der Waals surface area contributed by atoms with Crippen LogP contribution in [-0.4, -0.2) is 35.8 Å². The molecule has 2 rings (SSSR count). The van der Waals surface area contributed by atoms with Crippen LogP contribution in [0.1, 0.15) is 25.0 Å². The highest BCUT2D eigenvalue weighted by molar-refractivity contribution is 6.02. The molecule has 0 bridgehead atoms. The van der Waals surface area contributed by atoms with E-state index in [-0.39, 0.29) is 12.5 Å². The summed E-state index contributed by atoms with van der Waals surface area (Å²) >= 11 is 0. The van der Waals surface area contributed by atoms with E-state index in [4.69, 9.17) is 5.11 Å². The lowest BCUT2D eigenvalue weighted by atomic mass is 10.1. The van der Waals surface area contributed by atoms with Gasteiger partial charge >= 0.3 is 0 Å². The van der Waals surface area contributed by atoms with E-state index < -0.39 is 6.10 Å². The van der Waals surface area contributed by atoms with E-state index >= 15 is 0 Å². The molecule has 1 aromatic rings. The number of fused-ring (bicyclic) bond motifs is 1. The number of carbonyl (C=O) groups excluding carboxylic acids is 1. The lowest BCUT2D eigenvalue weighted by Gasteiger charge is -2.23. The van der Waals surface area contributed by atoms with Crippen molar-refractivity contribution in [2.24, 2.45) is 0 Å². The number of anilines is 2. The molecule has 5 heteroatoms. The standard InChI is InChI=1S/C13H18N2O3/c1-2-5-15(6-7-16)9-3-4-10-11(8-9)14-13(18)12(10)17/h3-4,8,12,16-17H,2,5-7H2,1H3,(H,14,18). The van der Waals surface area contributed by atoms with Crippen molar-refractivity contribution in [1.82, 2.24) is 0 Å². The van der Waals surface area contributed by atoms with Gasteiger partial charge in [0.2, 0.25) is 0 Å². The van der Waals surface area contributed by atoms with Crippen molar-refractivity contribution in [2.75, 3.05) is 29.9 Å². The van der Waals surface area contributed by atoms with Crippen LogP contribution in [0.5, 0.6) is 0 Å². The van der Waals surface area contributed by atoms with Gasteiger partial charge in [0.15, 0.2) is 6.10 Å². The first-order valence-electron chi connectivity index (χ1n) is 6.16. The Kier molecular flexibility index (Phi) is 3.84. The van der Waals surface area contributed by atoms with E-state index in [9.17, 15) is 9.90 Å². The molecular formula is C13H18N2O3. The molecule has 1 amide bonds. The van der Waals surface area contributed by atoms with Gasteiger partial charge in [-0.1, -0.05) is 13.0 Å². The number of aliphatic hydroxyl groups excluding tert-OH is 2. The summed E-state index contributed by atoms with van der Waals surface area (Å²) in [6.45, 7) is 3.56. The summed E-state index contributed by atoms with van der Waals surface area (Å²) in [5.41, 5.74) is 2.22. The molecule has 5 nitrogen and oxygen atoms in total. The molecule has 0 saturated heterocycles. The molecule has 1 heterocycles. The molecule has 0 radical (unpaired) electrons. The minimum Gasteiger partial charge on any atom is -0.395 e. The first-order chi connectivity index (χ1) is 8.67. The Morgan fingerprint density at radius 1 is 1.39 bits per heavy atom. The van der Waals surface area contributed by atoms with Crippen LogP contribution in [0, 0.1) is 0 Å². The number of amides is 1. The molecule has 98 valence electrons. The fraction of sp³-hybridized carbons (Fsp3) is 0.462. The average Bonchev–Trinajstić information content (AvgIpc) is 2.64. The molecular weight excluding hydrogens is 232 g/mol. The summed E-state index contributed by atoms with van der Waals surface area (Å²) in [7, 11) is 0. The topological polar surface area (TPSA) is 72.8 Å². The predicted octanol–water partition coefficient (Wildman–Crippen LogP) is 0.881. The zero-order valence-corrected chi connectivity index (χ0v) is 10.4. The van der Waals surface area contributed by atoms with Gasteiger partial charge in [0.1, 0.15) is 0 Å². The summed E-state index contributed by atoms with van der Waals surface area (Å²) in [6, 6.07) is 5.47. The van der Waals surface area contributed by atoms with Crippen molar-refractivity contribution in [2.45, 2.75) is 19.4 Å². The second kappa shape index (κ2) is 5.37. The highest BCUT2D eigenvalue weighted by Crippen LogP contribution is 2.33. The van der Waals surface area contributed by atoms with E-state index in [1.807, 2.05) is 12.1 Å². The predicted molar refractivity (Wildman–Crippen MR) is 69.6 cm³/mol. The third kappa shape index (κ3) is 2.32. The maximum atomic E-state index is 11.3. The van der Waals surface area contributed by atoms with Gasteiger partial charge < -0.3 is 20.4 Å². The lowest BCUT2D eigenvalue weighted by Crippen LogP contribution is -2.27. The highest BCUT2D eigenvalue weighted by atomic mass is 16.3. The molecule has 0 aliphatic carbocycles. The molecule has 1 aliphatic heterocycles. The second-order valence-electron chi connectivity index (χ2n) is 4.37. The zero-order chi connectivity index (χ0) is 13.1. The first kappa shape index (κ1) is 12.9.